The predicted molar refractivity (Wildman–Crippen MR) is 145 cm³/mol. The minimum atomic E-state index is -1.57. The Labute approximate surface area is 236 Å². The standard InChI is InChI=1S/C26H16Cl5N3O3/c27-12-3-1-2-11(4-12)5-19-20-21(24(36)34(23(20)35)16-7-13(28)6-14(29)8-16)26(33-19)17-9-15(30)10-18(31)22(17)32-25(26)37/h1-4,6-10,19-21,33H,5H2,(H,32,37). The van der Waals surface area contributed by atoms with E-state index in [0.717, 1.165) is 10.5 Å². The van der Waals surface area contributed by atoms with Gasteiger partial charge in [0.1, 0.15) is 5.54 Å². The van der Waals surface area contributed by atoms with Crippen molar-refractivity contribution in [3.8, 4) is 0 Å². The summed E-state index contributed by atoms with van der Waals surface area (Å²) in [4.78, 5) is 42.8. The summed E-state index contributed by atoms with van der Waals surface area (Å²) in [7, 11) is 0. The summed E-state index contributed by atoms with van der Waals surface area (Å²) in [6, 6.07) is 14.2. The summed E-state index contributed by atoms with van der Waals surface area (Å²) in [5.41, 5.74) is 0.289. The van der Waals surface area contributed by atoms with Gasteiger partial charge in [-0.25, -0.2) is 4.90 Å². The highest BCUT2D eigenvalue weighted by atomic mass is 35.5. The van der Waals surface area contributed by atoms with Gasteiger partial charge in [-0.1, -0.05) is 70.1 Å². The van der Waals surface area contributed by atoms with Crippen LogP contribution in [0.1, 0.15) is 11.1 Å². The van der Waals surface area contributed by atoms with Gasteiger partial charge >= 0.3 is 0 Å². The third kappa shape index (κ3) is 3.77. The highest BCUT2D eigenvalue weighted by Gasteiger charge is 2.70. The number of anilines is 2. The molecule has 3 aliphatic heterocycles. The lowest BCUT2D eigenvalue weighted by Gasteiger charge is -2.29. The van der Waals surface area contributed by atoms with Crippen molar-refractivity contribution >= 4 is 87.1 Å². The van der Waals surface area contributed by atoms with Crippen molar-refractivity contribution in [1.82, 2.24) is 5.32 Å². The van der Waals surface area contributed by atoms with Crippen LogP contribution >= 0.6 is 58.0 Å². The van der Waals surface area contributed by atoms with Crippen LogP contribution in [0.15, 0.2) is 54.6 Å². The summed E-state index contributed by atoms with van der Waals surface area (Å²) in [5.74, 6) is -3.44. The van der Waals surface area contributed by atoms with Crippen molar-refractivity contribution in [2.24, 2.45) is 11.8 Å². The van der Waals surface area contributed by atoms with Gasteiger partial charge < -0.3 is 5.32 Å². The van der Waals surface area contributed by atoms with Crippen LogP contribution in [0.2, 0.25) is 25.1 Å². The Morgan fingerprint density at radius 2 is 1.51 bits per heavy atom. The molecule has 6 rings (SSSR count). The summed E-state index contributed by atoms with van der Waals surface area (Å²) in [6.07, 6.45) is 0.337. The van der Waals surface area contributed by atoms with Gasteiger partial charge in [-0.15, -0.1) is 0 Å². The van der Waals surface area contributed by atoms with E-state index in [2.05, 4.69) is 10.6 Å². The number of nitrogens with zero attached hydrogens (tertiary/aromatic N) is 1. The van der Waals surface area contributed by atoms with E-state index in [1.807, 2.05) is 6.07 Å². The fraction of sp³-hybridized carbons (Fsp3) is 0.192. The molecule has 3 heterocycles. The molecule has 4 unspecified atom stereocenters. The summed E-state index contributed by atoms with van der Waals surface area (Å²) < 4.78 is 0. The number of halogens is 5. The van der Waals surface area contributed by atoms with Crippen LogP contribution in [0.25, 0.3) is 0 Å². The molecule has 3 aromatic rings. The van der Waals surface area contributed by atoms with Crippen LogP contribution in [-0.2, 0) is 26.3 Å². The van der Waals surface area contributed by atoms with Crippen molar-refractivity contribution in [2.75, 3.05) is 10.2 Å². The van der Waals surface area contributed by atoms with Crippen molar-refractivity contribution in [3.05, 3.63) is 90.8 Å². The maximum absolute atomic E-state index is 14.1. The minimum absolute atomic E-state index is 0.236. The highest BCUT2D eigenvalue weighted by molar-refractivity contribution is 6.38. The molecule has 0 aliphatic carbocycles. The average molecular weight is 596 g/mol. The topological polar surface area (TPSA) is 78.5 Å². The number of nitrogens with one attached hydrogen (secondary N) is 2. The van der Waals surface area contributed by atoms with E-state index in [1.165, 1.54) is 24.3 Å². The van der Waals surface area contributed by atoms with Crippen molar-refractivity contribution in [1.29, 1.82) is 0 Å². The van der Waals surface area contributed by atoms with Crippen molar-refractivity contribution < 1.29 is 14.4 Å². The fourth-order valence-electron chi connectivity index (χ4n) is 5.84. The van der Waals surface area contributed by atoms with E-state index in [4.69, 9.17) is 58.0 Å². The predicted octanol–water partition coefficient (Wildman–Crippen LogP) is 6.12. The van der Waals surface area contributed by atoms with Crippen LogP contribution < -0.4 is 15.5 Å². The maximum atomic E-state index is 14.1. The Balaban J connectivity index is 1.53. The van der Waals surface area contributed by atoms with Crippen molar-refractivity contribution in [3.63, 3.8) is 0 Å². The van der Waals surface area contributed by atoms with E-state index in [1.54, 1.807) is 24.3 Å². The zero-order valence-corrected chi connectivity index (χ0v) is 22.5. The van der Waals surface area contributed by atoms with Gasteiger partial charge in [0, 0.05) is 31.7 Å². The second kappa shape index (κ2) is 8.87. The van der Waals surface area contributed by atoms with Gasteiger partial charge in [0.15, 0.2) is 0 Å². The molecule has 3 aromatic carbocycles. The first kappa shape index (κ1) is 25.0. The van der Waals surface area contributed by atoms with Gasteiger partial charge in [-0.3, -0.25) is 19.7 Å². The Bertz CT molecular complexity index is 1510. The molecule has 2 N–H and O–H groups in total. The first-order valence-electron chi connectivity index (χ1n) is 11.3. The largest absolute Gasteiger partial charge is 0.323 e. The molecule has 11 heteroatoms. The molecular weight excluding hydrogens is 580 g/mol. The monoisotopic (exact) mass is 593 g/mol. The minimum Gasteiger partial charge on any atom is -0.323 e. The van der Waals surface area contributed by atoms with Gasteiger partial charge in [0.2, 0.25) is 17.7 Å². The molecule has 2 fully saturated rings. The van der Waals surface area contributed by atoms with Gasteiger partial charge in [0.25, 0.3) is 0 Å². The van der Waals surface area contributed by atoms with E-state index in [-0.39, 0.29) is 20.8 Å². The fourth-order valence-corrected chi connectivity index (χ4v) is 7.11. The Hall–Kier alpha value is -2.32. The van der Waals surface area contributed by atoms with Crippen LogP contribution in [0.5, 0.6) is 0 Å². The van der Waals surface area contributed by atoms with Gasteiger partial charge in [-0.05, 0) is 54.4 Å². The first-order valence-corrected chi connectivity index (χ1v) is 13.2. The number of hydrogen-bond acceptors (Lipinski definition) is 4. The Morgan fingerprint density at radius 1 is 0.811 bits per heavy atom. The van der Waals surface area contributed by atoms with Crippen LogP contribution in [0, 0.1) is 11.8 Å². The molecule has 2 saturated heterocycles. The lowest BCUT2D eigenvalue weighted by atomic mass is 9.76. The third-order valence-electron chi connectivity index (χ3n) is 7.19. The number of hydrogen-bond donors (Lipinski definition) is 2. The highest BCUT2D eigenvalue weighted by Crippen LogP contribution is 2.55. The molecule has 3 amide bonds. The number of amides is 3. The normalized spacial score (nSPS) is 26.1. The number of rotatable bonds is 3. The molecule has 0 saturated carbocycles. The van der Waals surface area contributed by atoms with Gasteiger partial charge in [0.05, 0.1) is 28.2 Å². The van der Waals surface area contributed by atoms with Crippen LogP contribution in [0.3, 0.4) is 0 Å². The maximum Gasteiger partial charge on any atom is 0.250 e. The van der Waals surface area contributed by atoms with E-state index in [0.29, 0.717) is 27.7 Å². The van der Waals surface area contributed by atoms with E-state index >= 15 is 0 Å². The van der Waals surface area contributed by atoms with Gasteiger partial charge in [-0.2, -0.15) is 0 Å². The second-order valence-electron chi connectivity index (χ2n) is 9.30. The number of carbonyl (C=O) groups is 3. The summed E-state index contributed by atoms with van der Waals surface area (Å²) in [6.45, 7) is 0. The number of carbonyl (C=O) groups excluding carboxylic acids is 3. The summed E-state index contributed by atoms with van der Waals surface area (Å²) >= 11 is 31.3. The Kier molecular flexibility index (Phi) is 5.99. The smallest absolute Gasteiger partial charge is 0.250 e. The zero-order valence-electron chi connectivity index (χ0n) is 18.7. The number of imide groups is 1. The molecule has 6 nitrogen and oxygen atoms in total. The molecule has 0 radical (unpaired) electrons. The molecule has 1 spiro atoms. The molecule has 0 aromatic heterocycles. The van der Waals surface area contributed by atoms with Crippen LogP contribution in [0.4, 0.5) is 11.4 Å². The second-order valence-corrected chi connectivity index (χ2v) is 11.5. The molecule has 3 aliphatic rings. The molecule has 4 atom stereocenters. The quantitative estimate of drug-likeness (QED) is 0.358. The summed E-state index contributed by atoms with van der Waals surface area (Å²) in [5, 5.41) is 7.77. The molecule has 0 bridgehead atoms. The van der Waals surface area contributed by atoms with Crippen molar-refractivity contribution in [2.45, 2.75) is 18.0 Å². The molecular formula is C26H16Cl5N3O3. The number of benzene rings is 3. The zero-order chi connectivity index (χ0) is 26.2. The lowest BCUT2D eigenvalue weighted by Crippen LogP contribution is -2.53. The van der Waals surface area contributed by atoms with E-state index in [9.17, 15) is 14.4 Å². The Morgan fingerprint density at radius 3 is 2.22 bits per heavy atom. The third-order valence-corrected chi connectivity index (χ3v) is 8.38. The first-order chi connectivity index (χ1) is 17.6. The SMILES string of the molecule is O=C1C2C(Cc3cccc(Cl)c3)NC3(C(=O)Nc4c(Cl)cc(Cl)cc43)C2C(=O)N1c1cc(Cl)cc(Cl)c1. The van der Waals surface area contributed by atoms with E-state index < -0.39 is 41.1 Å². The molecule has 188 valence electrons. The average Bonchev–Trinajstić information content (AvgIpc) is 3.38. The lowest BCUT2D eigenvalue weighted by molar-refractivity contribution is -0.130. The van der Waals surface area contributed by atoms with Crippen LogP contribution in [-0.4, -0.2) is 23.8 Å². The molecule has 37 heavy (non-hydrogen) atoms. The number of fused-ring (bicyclic) bond motifs is 4.